The van der Waals surface area contributed by atoms with Crippen molar-refractivity contribution in [1.29, 1.82) is 0 Å². The summed E-state index contributed by atoms with van der Waals surface area (Å²) in [6.07, 6.45) is 5.90. The number of nitrogens with one attached hydrogen (secondary N) is 1. The highest BCUT2D eigenvalue weighted by Gasteiger charge is 2.24. The number of amides is 2. The minimum Gasteiger partial charge on any atom is -0.444 e. The molecule has 198 valence electrons. The average molecular weight is 527 g/mol. The maximum absolute atomic E-state index is 12.7. The van der Waals surface area contributed by atoms with Gasteiger partial charge in [0.15, 0.2) is 0 Å². The second kappa shape index (κ2) is 11.5. The Morgan fingerprint density at radius 3 is 2.46 bits per heavy atom. The first-order chi connectivity index (χ1) is 17.6. The summed E-state index contributed by atoms with van der Waals surface area (Å²) in [7, 11) is 2.10. The van der Waals surface area contributed by atoms with Crippen molar-refractivity contribution in [2.75, 3.05) is 56.5 Å². The molecule has 0 aliphatic carbocycles. The minimum absolute atomic E-state index is 0.168. The van der Waals surface area contributed by atoms with E-state index in [4.69, 9.17) is 16.3 Å². The highest BCUT2D eigenvalue weighted by Crippen LogP contribution is 2.28. The Bertz CT molecular complexity index is 1150. The lowest BCUT2D eigenvalue weighted by molar-refractivity contribution is -0.115. The van der Waals surface area contributed by atoms with E-state index >= 15 is 0 Å². The Kier molecular flexibility index (Phi) is 8.34. The lowest BCUT2D eigenvalue weighted by Gasteiger charge is -2.34. The summed E-state index contributed by atoms with van der Waals surface area (Å²) in [5, 5.41) is 3.46. The minimum atomic E-state index is -0.513. The van der Waals surface area contributed by atoms with E-state index in [0.29, 0.717) is 30.4 Å². The van der Waals surface area contributed by atoms with Gasteiger partial charge < -0.3 is 24.8 Å². The van der Waals surface area contributed by atoms with E-state index < -0.39 is 5.60 Å². The number of nitrogens with zero attached hydrogens (tertiary/aromatic N) is 5. The van der Waals surface area contributed by atoms with Gasteiger partial charge in [0.25, 0.3) is 0 Å². The zero-order valence-corrected chi connectivity index (χ0v) is 22.7. The molecular weight excluding hydrogens is 492 g/mol. The number of likely N-dealkylation sites (N-methyl/N-ethyl adjacent to an activating group) is 1. The molecule has 10 heteroatoms. The van der Waals surface area contributed by atoms with Crippen LogP contribution in [0, 0.1) is 0 Å². The molecule has 2 aromatic heterocycles. The van der Waals surface area contributed by atoms with Gasteiger partial charge in [0.2, 0.25) is 5.91 Å². The fourth-order valence-electron chi connectivity index (χ4n) is 4.27. The van der Waals surface area contributed by atoms with Crippen LogP contribution in [0.5, 0.6) is 0 Å². The molecule has 0 saturated carbocycles. The van der Waals surface area contributed by atoms with Crippen molar-refractivity contribution < 1.29 is 14.3 Å². The van der Waals surface area contributed by atoms with Crippen LogP contribution in [-0.4, -0.2) is 83.7 Å². The van der Waals surface area contributed by atoms with Crippen LogP contribution in [0.15, 0.2) is 36.7 Å². The molecule has 0 aromatic carbocycles. The summed E-state index contributed by atoms with van der Waals surface area (Å²) < 4.78 is 5.45. The highest BCUT2D eigenvalue weighted by molar-refractivity contribution is 6.33. The van der Waals surface area contributed by atoms with Crippen LogP contribution in [0.3, 0.4) is 0 Å². The molecule has 1 fully saturated rings. The van der Waals surface area contributed by atoms with Crippen LogP contribution in [0.4, 0.5) is 16.3 Å². The quantitative estimate of drug-likeness (QED) is 0.627. The van der Waals surface area contributed by atoms with E-state index in [-0.39, 0.29) is 18.4 Å². The molecule has 4 rings (SSSR count). The van der Waals surface area contributed by atoms with Gasteiger partial charge in [-0.05, 0) is 51.4 Å². The molecule has 0 spiro atoms. The van der Waals surface area contributed by atoms with Crippen molar-refractivity contribution in [3.05, 3.63) is 52.9 Å². The predicted molar refractivity (Wildman–Crippen MR) is 146 cm³/mol. The number of carbonyl (C=O) groups is 2. The SMILES string of the molecule is CN1CCN(c2cc(NC(=O)Cc3ccc(C4=CCN(C(=O)OC(C)(C)C)CC4)nc3)ncc2Cl)CC1. The molecule has 37 heavy (non-hydrogen) atoms. The summed E-state index contributed by atoms with van der Waals surface area (Å²) in [6, 6.07) is 5.67. The fourth-order valence-corrected chi connectivity index (χ4v) is 4.49. The van der Waals surface area contributed by atoms with E-state index in [1.165, 1.54) is 0 Å². The molecule has 9 nitrogen and oxygen atoms in total. The van der Waals surface area contributed by atoms with E-state index in [9.17, 15) is 9.59 Å². The van der Waals surface area contributed by atoms with Crippen molar-refractivity contribution in [1.82, 2.24) is 19.8 Å². The van der Waals surface area contributed by atoms with Crippen molar-refractivity contribution in [2.24, 2.45) is 0 Å². The number of hydrogen-bond acceptors (Lipinski definition) is 7. The topological polar surface area (TPSA) is 90.9 Å². The first-order valence-electron chi connectivity index (χ1n) is 12.6. The Morgan fingerprint density at radius 1 is 1.08 bits per heavy atom. The smallest absolute Gasteiger partial charge is 0.410 e. The van der Waals surface area contributed by atoms with Crippen LogP contribution < -0.4 is 10.2 Å². The third kappa shape index (κ3) is 7.42. The number of pyridine rings is 2. The lowest BCUT2D eigenvalue weighted by atomic mass is 10.0. The summed E-state index contributed by atoms with van der Waals surface area (Å²) in [4.78, 5) is 40.0. The summed E-state index contributed by atoms with van der Waals surface area (Å²) in [5.74, 6) is 0.313. The van der Waals surface area contributed by atoms with Crippen molar-refractivity contribution in [3.63, 3.8) is 0 Å². The molecule has 0 radical (unpaired) electrons. The zero-order chi connectivity index (χ0) is 26.6. The Morgan fingerprint density at radius 2 is 1.84 bits per heavy atom. The number of piperazine rings is 1. The van der Waals surface area contributed by atoms with Gasteiger partial charge in [-0.3, -0.25) is 9.78 Å². The Balaban J connectivity index is 1.32. The normalized spacial score (nSPS) is 16.8. The molecule has 2 aliphatic rings. The molecule has 2 amide bonds. The number of hydrogen-bond donors (Lipinski definition) is 1. The van der Waals surface area contributed by atoms with Gasteiger partial charge in [0, 0.05) is 51.5 Å². The number of carbonyl (C=O) groups excluding carboxylic acids is 2. The standard InChI is InChI=1S/C27H35ClN6O3/c1-27(2,3)37-26(36)34-9-7-20(8-10-34)22-6-5-19(17-29-22)15-25(35)31-24-16-23(21(28)18-30-24)33-13-11-32(4)12-14-33/h5-7,16-18H,8-15H2,1-4H3,(H,30,31,35). The summed E-state index contributed by atoms with van der Waals surface area (Å²) >= 11 is 6.39. The van der Waals surface area contributed by atoms with Crippen molar-refractivity contribution >= 4 is 40.7 Å². The molecule has 4 heterocycles. The molecule has 0 bridgehead atoms. The summed E-state index contributed by atoms with van der Waals surface area (Å²) in [5.41, 5.74) is 3.11. The highest BCUT2D eigenvalue weighted by atomic mass is 35.5. The Hall–Kier alpha value is -3.17. The van der Waals surface area contributed by atoms with E-state index in [2.05, 4.69) is 32.1 Å². The zero-order valence-electron chi connectivity index (χ0n) is 22.0. The first-order valence-corrected chi connectivity index (χ1v) is 13.0. The van der Waals surface area contributed by atoms with Gasteiger partial charge in [-0.1, -0.05) is 23.7 Å². The molecule has 2 aliphatic heterocycles. The van der Waals surface area contributed by atoms with Gasteiger partial charge >= 0.3 is 6.09 Å². The van der Waals surface area contributed by atoms with Crippen molar-refractivity contribution in [2.45, 2.75) is 39.2 Å². The maximum atomic E-state index is 12.7. The van der Waals surface area contributed by atoms with Gasteiger partial charge in [-0.2, -0.15) is 0 Å². The summed E-state index contributed by atoms with van der Waals surface area (Å²) in [6.45, 7) is 10.3. The van der Waals surface area contributed by atoms with E-state index in [1.807, 2.05) is 45.0 Å². The van der Waals surface area contributed by atoms with Gasteiger partial charge in [-0.25, -0.2) is 9.78 Å². The molecule has 1 N–H and O–H groups in total. The molecule has 1 saturated heterocycles. The van der Waals surface area contributed by atoms with Crippen LogP contribution >= 0.6 is 11.6 Å². The van der Waals surface area contributed by atoms with E-state index in [0.717, 1.165) is 48.7 Å². The van der Waals surface area contributed by atoms with Crippen LogP contribution in [-0.2, 0) is 16.0 Å². The maximum Gasteiger partial charge on any atom is 0.410 e. The lowest BCUT2D eigenvalue weighted by Crippen LogP contribution is -2.44. The number of rotatable bonds is 5. The third-order valence-corrected chi connectivity index (χ3v) is 6.62. The molecule has 2 aromatic rings. The average Bonchev–Trinajstić information content (AvgIpc) is 2.85. The monoisotopic (exact) mass is 526 g/mol. The Labute approximate surface area is 223 Å². The van der Waals surface area contributed by atoms with E-state index in [1.54, 1.807) is 17.3 Å². The predicted octanol–water partition coefficient (Wildman–Crippen LogP) is 4.09. The van der Waals surface area contributed by atoms with Crippen LogP contribution in [0.1, 0.15) is 38.4 Å². The van der Waals surface area contributed by atoms with Gasteiger partial charge in [0.05, 0.1) is 29.0 Å². The van der Waals surface area contributed by atoms with Crippen LogP contribution in [0.25, 0.3) is 5.57 Å². The number of ether oxygens (including phenoxy) is 1. The van der Waals surface area contributed by atoms with Gasteiger partial charge in [-0.15, -0.1) is 0 Å². The molecular formula is C27H35ClN6O3. The fraction of sp³-hybridized carbons (Fsp3) is 0.481. The second-order valence-corrected chi connectivity index (χ2v) is 10.9. The third-order valence-electron chi connectivity index (χ3n) is 6.33. The van der Waals surface area contributed by atoms with Gasteiger partial charge in [0.1, 0.15) is 11.4 Å². The molecule has 0 unspecified atom stereocenters. The second-order valence-electron chi connectivity index (χ2n) is 10.5. The number of aromatic nitrogens is 2. The largest absolute Gasteiger partial charge is 0.444 e. The number of anilines is 2. The molecule has 0 atom stereocenters. The number of halogens is 1. The van der Waals surface area contributed by atoms with Crippen molar-refractivity contribution in [3.8, 4) is 0 Å². The van der Waals surface area contributed by atoms with Crippen LogP contribution in [0.2, 0.25) is 5.02 Å². The first kappa shape index (κ1) is 26.9.